The van der Waals surface area contributed by atoms with Crippen LogP contribution >= 0.6 is 0 Å². The predicted octanol–water partition coefficient (Wildman–Crippen LogP) is -0.307. The smallest absolute Gasteiger partial charge is 0.325 e. The van der Waals surface area contributed by atoms with Crippen molar-refractivity contribution in [3.63, 3.8) is 0 Å². The Bertz CT molecular complexity index is 891. The van der Waals surface area contributed by atoms with Gasteiger partial charge in [0.15, 0.2) is 5.82 Å². The van der Waals surface area contributed by atoms with E-state index in [1.54, 1.807) is 4.90 Å². The second-order valence-corrected chi connectivity index (χ2v) is 6.36. The fourth-order valence-corrected chi connectivity index (χ4v) is 2.98. The van der Waals surface area contributed by atoms with E-state index < -0.39 is 11.2 Å². The number of aromatic nitrogens is 4. The third-order valence-corrected chi connectivity index (χ3v) is 4.61. The summed E-state index contributed by atoms with van der Waals surface area (Å²) in [6.45, 7) is 2.18. The first-order chi connectivity index (χ1) is 12.1. The highest BCUT2D eigenvalue weighted by atomic mass is 16.2. The van der Waals surface area contributed by atoms with Gasteiger partial charge in [-0.05, 0) is 25.0 Å². The minimum atomic E-state index is -0.669. The highest BCUT2D eigenvalue weighted by Crippen LogP contribution is 2.38. The number of nitrogens with one attached hydrogen (secondary N) is 2. The van der Waals surface area contributed by atoms with Crippen LogP contribution in [0.2, 0.25) is 0 Å². The first-order valence-electron chi connectivity index (χ1n) is 8.31. The highest BCUT2D eigenvalue weighted by molar-refractivity contribution is 5.93. The van der Waals surface area contributed by atoms with E-state index in [9.17, 15) is 14.4 Å². The van der Waals surface area contributed by atoms with Crippen LogP contribution in [0.1, 0.15) is 34.8 Å². The molecule has 1 saturated heterocycles. The molecule has 9 heteroatoms. The quantitative estimate of drug-likeness (QED) is 0.791. The minimum absolute atomic E-state index is 0.0540. The second kappa shape index (κ2) is 6.15. The van der Waals surface area contributed by atoms with Crippen molar-refractivity contribution in [1.82, 2.24) is 25.1 Å². The molecule has 4 rings (SSSR count). The number of carbonyl (C=O) groups excluding carboxylic acids is 1. The molecule has 25 heavy (non-hydrogen) atoms. The molecule has 1 aliphatic heterocycles. The summed E-state index contributed by atoms with van der Waals surface area (Å²) in [5.74, 6) is 0.997. The molecule has 0 bridgehead atoms. The lowest BCUT2D eigenvalue weighted by Gasteiger charge is -2.35. The number of aromatic amines is 2. The maximum Gasteiger partial charge on any atom is 0.325 e. The molecule has 9 nitrogen and oxygen atoms in total. The van der Waals surface area contributed by atoms with Crippen LogP contribution in [0.5, 0.6) is 0 Å². The Morgan fingerprint density at radius 1 is 1.08 bits per heavy atom. The Kier molecular flexibility index (Phi) is 3.83. The van der Waals surface area contributed by atoms with Gasteiger partial charge in [-0.2, -0.15) is 5.10 Å². The molecule has 3 heterocycles. The molecule has 0 spiro atoms. The van der Waals surface area contributed by atoms with Gasteiger partial charge in [-0.3, -0.25) is 14.6 Å². The molecule has 2 aliphatic rings. The van der Waals surface area contributed by atoms with Crippen LogP contribution in [0.3, 0.4) is 0 Å². The molecule has 1 amide bonds. The number of amides is 1. The number of H-pyrrole nitrogens is 2. The Morgan fingerprint density at radius 2 is 1.84 bits per heavy atom. The van der Waals surface area contributed by atoms with Gasteiger partial charge in [-0.25, -0.2) is 4.79 Å². The van der Waals surface area contributed by atoms with E-state index in [0.29, 0.717) is 32.1 Å². The fraction of sp³-hybridized carbons (Fsp3) is 0.438. The third kappa shape index (κ3) is 3.17. The molecule has 0 aromatic carbocycles. The molecule has 2 fully saturated rings. The lowest BCUT2D eigenvalue weighted by Crippen LogP contribution is -2.50. The van der Waals surface area contributed by atoms with Crippen LogP contribution in [0, 0.1) is 0 Å². The van der Waals surface area contributed by atoms with Gasteiger partial charge >= 0.3 is 5.69 Å². The molecular formula is C16H18N6O3. The number of hydrogen-bond donors (Lipinski definition) is 2. The lowest BCUT2D eigenvalue weighted by molar-refractivity contribution is 0.0744. The van der Waals surface area contributed by atoms with Crippen molar-refractivity contribution < 1.29 is 4.79 Å². The normalized spacial score (nSPS) is 17.6. The van der Waals surface area contributed by atoms with Gasteiger partial charge < -0.3 is 14.8 Å². The molecule has 2 N–H and O–H groups in total. The first-order valence-corrected chi connectivity index (χ1v) is 8.31. The molecule has 130 valence electrons. The molecule has 0 radical (unpaired) electrons. The van der Waals surface area contributed by atoms with Crippen LogP contribution in [0.15, 0.2) is 27.9 Å². The zero-order valence-corrected chi connectivity index (χ0v) is 13.6. The Hall–Kier alpha value is -2.97. The van der Waals surface area contributed by atoms with E-state index >= 15 is 0 Å². The molecule has 0 unspecified atom stereocenters. The molecule has 0 atom stereocenters. The number of anilines is 1. The second-order valence-electron chi connectivity index (χ2n) is 6.36. The van der Waals surface area contributed by atoms with Crippen LogP contribution in [-0.4, -0.2) is 57.2 Å². The molecule has 1 saturated carbocycles. The van der Waals surface area contributed by atoms with E-state index in [0.717, 1.165) is 17.7 Å². The van der Waals surface area contributed by atoms with Gasteiger partial charge in [-0.1, -0.05) is 0 Å². The van der Waals surface area contributed by atoms with Gasteiger partial charge in [0, 0.05) is 38.3 Å². The summed E-state index contributed by atoms with van der Waals surface area (Å²) in [5.41, 5.74) is -0.297. The van der Waals surface area contributed by atoms with Gasteiger partial charge in [0.05, 0.1) is 5.69 Å². The molecule has 2 aromatic rings. The maximum atomic E-state index is 12.4. The van der Waals surface area contributed by atoms with Gasteiger partial charge in [-0.15, -0.1) is 5.10 Å². The zero-order chi connectivity index (χ0) is 17.4. The minimum Gasteiger partial charge on any atom is -0.352 e. The summed E-state index contributed by atoms with van der Waals surface area (Å²) >= 11 is 0. The van der Waals surface area contributed by atoms with Crippen LogP contribution in [-0.2, 0) is 0 Å². The van der Waals surface area contributed by atoms with E-state index in [-0.39, 0.29) is 11.5 Å². The number of hydrogen-bond acceptors (Lipinski definition) is 6. The standard InChI is InChI=1S/C16H18N6O3/c23-14-11(9-17-16(25)18-14)15(24)22-7-5-21(6-8-22)13-4-3-12(19-20-13)10-1-2-10/h3-4,9-10H,1-2,5-8H2,(H2,17,18,23,25). The summed E-state index contributed by atoms with van der Waals surface area (Å²) in [4.78, 5) is 43.3. The average molecular weight is 342 g/mol. The SMILES string of the molecule is O=C(c1c[nH]c(=O)[nH]c1=O)N1CCN(c2ccc(C3CC3)nn2)CC1. The maximum absolute atomic E-state index is 12.4. The van der Waals surface area contributed by atoms with Crippen molar-refractivity contribution in [2.45, 2.75) is 18.8 Å². The fourth-order valence-electron chi connectivity index (χ4n) is 2.98. The largest absolute Gasteiger partial charge is 0.352 e. The van der Waals surface area contributed by atoms with Crippen molar-refractivity contribution in [3.8, 4) is 0 Å². The molecule has 2 aromatic heterocycles. The van der Waals surface area contributed by atoms with Gasteiger partial charge in [0.2, 0.25) is 0 Å². The number of carbonyl (C=O) groups is 1. The van der Waals surface area contributed by atoms with E-state index in [1.165, 1.54) is 12.8 Å². The lowest BCUT2D eigenvalue weighted by atomic mass is 10.2. The highest BCUT2D eigenvalue weighted by Gasteiger charge is 2.27. The predicted molar refractivity (Wildman–Crippen MR) is 89.8 cm³/mol. The number of rotatable bonds is 3. The summed E-state index contributed by atoms with van der Waals surface area (Å²) in [5, 5.41) is 8.58. The van der Waals surface area contributed by atoms with Gasteiger partial charge in [0.1, 0.15) is 5.56 Å². The van der Waals surface area contributed by atoms with Crippen LogP contribution < -0.4 is 16.1 Å². The topological polar surface area (TPSA) is 115 Å². The van der Waals surface area contributed by atoms with Crippen molar-refractivity contribution in [3.05, 3.63) is 50.4 Å². The molecule has 1 aliphatic carbocycles. The average Bonchev–Trinajstić information content (AvgIpc) is 3.47. The molecular weight excluding hydrogens is 324 g/mol. The number of piperazine rings is 1. The van der Waals surface area contributed by atoms with E-state index in [2.05, 4.69) is 25.1 Å². The Balaban J connectivity index is 1.41. The van der Waals surface area contributed by atoms with Crippen molar-refractivity contribution in [1.29, 1.82) is 0 Å². The first kappa shape index (κ1) is 15.6. The monoisotopic (exact) mass is 342 g/mol. The summed E-state index contributed by atoms with van der Waals surface area (Å²) in [7, 11) is 0. The van der Waals surface area contributed by atoms with Crippen molar-refractivity contribution in [2.24, 2.45) is 0 Å². The number of nitrogens with zero attached hydrogens (tertiary/aromatic N) is 4. The summed E-state index contributed by atoms with van der Waals surface area (Å²) in [6.07, 6.45) is 3.55. The van der Waals surface area contributed by atoms with Crippen molar-refractivity contribution >= 4 is 11.7 Å². The van der Waals surface area contributed by atoms with E-state index in [1.807, 2.05) is 12.1 Å². The summed E-state index contributed by atoms with van der Waals surface area (Å²) < 4.78 is 0. The van der Waals surface area contributed by atoms with Crippen LogP contribution in [0.25, 0.3) is 0 Å². The zero-order valence-electron chi connectivity index (χ0n) is 13.6. The van der Waals surface area contributed by atoms with Crippen LogP contribution in [0.4, 0.5) is 5.82 Å². The third-order valence-electron chi connectivity index (χ3n) is 4.61. The summed E-state index contributed by atoms with van der Waals surface area (Å²) in [6, 6.07) is 4.00. The Labute approximate surface area is 142 Å². The van der Waals surface area contributed by atoms with Gasteiger partial charge in [0.25, 0.3) is 11.5 Å². The van der Waals surface area contributed by atoms with Crippen molar-refractivity contribution in [2.75, 3.05) is 31.1 Å². The Morgan fingerprint density at radius 3 is 2.44 bits per heavy atom. The van der Waals surface area contributed by atoms with E-state index in [4.69, 9.17) is 0 Å².